The number of nitrogens with one attached hydrogen (secondary N) is 1. The van der Waals surface area contributed by atoms with Crippen molar-refractivity contribution in [2.75, 3.05) is 13.2 Å². The van der Waals surface area contributed by atoms with E-state index in [0.717, 1.165) is 47.9 Å². The fourth-order valence-electron chi connectivity index (χ4n) is 5.57. The number of carbonyl (C=O) groups excluding carboxylic acids is 2. The number of nitrogens with zero attached hydrogens (tertiary/aromatic N) is 1. The number of amides is 2. The van der Waals surface area contributed by atoms with E-state index in [0.29, 0.717) is 44.1 Å². The molecular weight excluding hydrogens is 512 g/mol. The zero-order valence-electron chi connectivity index (χ0n) is 24.7. The molecule has 0 aromatic heterocycles. The molecule has 0 spiro atoms. The Morgan fingerprint density at radius 2 is 1.56 bits per heavy atom. The average molecular weight is 557 g/mol. The molecule has 1 saturated carbocycles. The zero-order valence-corrected chi connectivity index (χ0v) is 24.7. The lowest BCUT2D eigenvalue weighted by atomic mass is 10.0. The van der Waals surface area contributed by atoms with Crippen molar-refractivity contribution in [2.24, 2.45) is 0 Å². The molecule has 1 aliphatic carbocycles. The summed E-state index contributed by atoms with van der Waals surface area (Å²) in [6, 6.07) is 23.6. The lowest BCUT2D eigenvalue weighted by Crippen LogP contribution is -2.52. The first kappa shape index (κ1) is 30.2. The molecule has 4 rings (SSSR count). The van der Waals surface area contributed by atoms with E-state index < -0.39 is 6.04 Å². The van der Waals surface area contributed by atoms with E-state index in [-0.39, 0.29) is 24.3 Å². The van der Waals surface area contributed by atoms with Gasteiger partial charge in [-0.25, -0.2) is 0 Å². The number of carbonyl (C=O) groups is 2. The van der Waals surface area contributed by atoms with Crippen LogP contribution in [0.25, 0.3) is 0 Å². The minimum atomic E-state index is -0.606. The topological polar surface area (TPSA) is 67.9 Å². The van der Waals surface area contributed by atoms with E-state index >= 15 is 0 Å². The van der Waals surface area contributed by atoms with Crippen LogP contribution >= 0.6 is 0 Å². The van der Waals surface area contributed by atoms with Crippen LogP contribution < -0.4 is 14.8 Å². The van der Waals surface area contributed by atoms with Crippen molar-refractivity contribution in [1.82, 2.24) is 10.2 Å². The highest BCUT2D eigenvalue weighted by Crippen LogP contribution is 2.29. The van der Waals surface area contributed by atoms with Gasteiger partial charge in [-0.1, -0.05) is 79.1 Å². The first-order valence-corrected chi connectivity index (χ1v) is 15.0. The minimum absolute atomic E-state index is 0.0409. The van der Waals surface area contributed by atoms with Gasteiger partial charge in [-0.15, -0.1) is 0 Å². The van der Waals surface area contributed by atoms with Crippen molar-refractivity contribution >= 4 is 11.8 Å². The second-order valence-electron chi connectivity index (χ2n) is 10.9. The summed E-state index contributed by atoms with van der Waals surface area (Å²) in [5.74, 6) is 1.29. The van der Waals surface area contributed by atoms with Gasteiger partial charge in [0.05, 0.1) is 13.2 Å². The summed E-state index contributed by atoms with van der Waals surface area (Å²) in [6.07, 6.45) is 5.54. The molecule has 6 nitrogen and oxygen atoms in total. The quantitative estimate of drug-likeness (QED) is 0.249. The first-order chi connectivity index (χ1) is 20.0. The molecule has 3 aromatic rings. The third kappa shape index (κ3) is 8.84. The van der Waals surface area contributed by atoms with Crippen LogP contribution in [0.15, 0.2) is 72.8 Å². The van der Waals surface area contributed by atoms with E-state index in [1.807, 2.05) is 87.5 Å². The van der Waals surface area contributed by atoms with Crippen LogP contribution in [0.2, 0.25) is 0 Å². The maximum Gasteiger partial charge on any atom is 0.243 e. The Bertz CT molecular complexity index is 1270. The predicted molar refractivity (Wildman–Crippen MR) is 163 cm³/mol. The van der Waals surface area contributed by atoms with Crippen molar-refractivity contribution in [3.8, 4) is 11.5 Å². The van der Waals surface area contributed by atoms with Crippen molar-refractivity contribution in [3.05, 3.63) is 95.1 Å². The summed E-state index contributed by atoms with van der Waals surface area (Å²) in [5, 5.41) is 3.28. The Hall–Kier alpha value is -3.80. The van der Waals surface area contributed by atoms with Gasteiger partial charge in [0, 0.05) is 25.4 Å². The maximum absolute atomic E-state index is 14.0. The lowest BCUT2D eigenvalue weighted by Gasteiger charge is -2.32. The van der Waals surface area contributed by atoms with Gasteiger partial charge in [-0.3, -0.25) is 9.59 Å². The fraction of sp³-hybridized carbons (Fsp3) is 0.429. The number of ether oxygens (including phenoxy) is 2. The van der Waals surface area contributed by atoms with Gasteiger partial charge in [0.25, 0.3) is 0 Å². The zero-order chi connectivity index (χ0) is 29.0. The summed E-state index contributed by atoms with van der Waals surface area (Å²) in [6.45, 7) is 7.40. The summed E-state index contributed by atoms with van der Waals surface area (Å²) < 4.78 is 11.5. The third-order valence-corrected chi connectivity index (χ3v) is 7.64. The third-order valence-electron chi connectivity index (χ3n) is 7.64. The molecule has 1 atom stereocenters. The van der Waals surface area contributed by atoms with Gasteiger partial charge in [0.2, 0.25) is 11.8 Å². The average Bonchev–Trinajstić information content (AvgIpc) is 3.48. The molecule has 1 fully saturated rings. The highest BCUT2D eigenvalue weighted by Gasteiger charge is 2.32. The van der Waals surface area contributed by atoms with Crippen LogP contribution in [0.5, 0.6) is 11.5 Å². The minimum Gasteiger partial charge on any atom is -0.490 e. The summed E-state index contributed by atoms with van der Waals surface area (Å²) >= 11 is 0. The SMILES string of the molecule is CCOc1ccc(CCC(=O)N(Cc2cccc(C)c2)C(Cc2ccccc2)C(=O)NC2CCCC2)cc1OCC. The van der Waals surface area contributed by atoms with Crippen LogP contribution in [-0.4, -0.2) is 42.0 Å². The van der Waals surface area contributed by atoms with Crippen LogP contribution in [0, 0.1) is 6.92 Å². The van der Waals surface area contributed by atoms with Crippen molar-refractivity contribution < 1.29 is 19.1 Å². The molecule has 0 aliphatic heterocycles. The van der Waals surface area contributed by atoms with E-state index in [9.17, 15) is 9.59 Å². The van der Waals surface area contributed by atoms with Gasteiger partial charge < -0.3 is 19.7 Å². The second-order valence-corrected chi connectivity index (χ2v) is 10.9. The molecule has 3 aromatic carbocycles. The molecule has 1 unspecified atom stereocenters. The molecule has 0 bridgehead atoms. The van der Waals surface area contributed by atoms with E-state index in [2.05, 4.69) is 11.4 Å². The summed E-state index contributed by atoms with van der Waals surface area (Å²) in [5.41, 5.74) is 4.18. The Balaban J connectivity index is 1.60. The Labute approximate surface area is 245 Å². The fourth-order valence-corrected chi connectivity index (χ4v) is 5.57. The van der Waals surface area contributed by atoms with Crippen molar-refractivity contribution in [1.29, 1.82) is 0 Å². The normalized spacial score (nSPS) is 13.9. The van der Waals surface area contributed by atoms with Gasteiger partial charge in [-0.2, -0.15) is 0 Å². The van der Waals surface area contributed by atoms with Crippen LogP contribution in [-0.2, 0) is 29.0 Å². The highest BCUT2D eigenvalue weighted by molar-refractivity contribution is 5.88. The molecule has 0 heterocycles. The number of hydrogen-bond acceptors (Lipinski definition) is 4. The van der Waals surface area contributed by atoms with Gasteiger partial charge in [0.15, 0.2) is 11.5 Å². The number of aryl methyl sites for hydroxylation is 2. The molecule has 6 heteroatoms. The second kappa shape index (κ2) is 15.3. The number of benzene rings is 3. The molecule has 1 N–H and O–H groups in total. The highest BCUT2D eigenvalue weighted by atomic mass is 16.5. The molecule has 0 radical (unpaired) electrons. The molecule has 2 amide bonds. The van der Waals surface area contributed by atoms with Gasteiger partial charge in [0.1, 0.15) is 6.04 Å². The van der Waals surface area contributed by atoms with Crippen LogP contribution in [0.3, 0.4) is 0 Å². The maximum atomic E-state index is 14.0. The lowest BCUT2D eigenvalue weighted by molar-refractivity contribution is -0.141. The van der Waals surface area contributed by atoms with E-state index in [1.54, 1.807) is 4.90 Å². The monoisotopic (exact) mass is 556 g/mol. The summed E-state index contributed by atoms with van der Waals surface area (Å²) in [7, 11) is 0. The standard InChI is InChI=1S/C35H44N2O4/c1-4-40-32-20-18-28(24-33(32)41-5-2)19-21-34(38)37(25-29-15-11-12-26(3)22-29)31(23-27-13-7-6-8-14-27)35(39)36-30-16-9-10-17-30/h6-8,11-15,18,20,22,24,30-31H,4-5,9-10,16-17,19,21,23,25H2,1-3H3,(H,36,39). The Morgan fingerprint density at radius 3 is 2.27 bits per heavy atom. The molecule has 1 aliphatic rings. The Morgan fingerprint density at radius 1 is 0.854 bits per heavy atom. The van der Waals surface area contributed by atoms with E-state index in [4.69, 9.17) is 9.47 Å². The molecule has 41 heavy (non-hydrogen) atoms. The van der Waals surface area contributed by atoms with Crippen LogP contribution in [0.4, 0.5) is 0 Å². The largest absolute Gasteiger partial charge is 0.490 e. The van der Waals surface area contributed by atoms with Crippen molar-refractivity contribution in [2.45, 2.75) is 84.3 Å². The van der Waals surface area contributed by atoms with Gasteiger partial charge in [-0.05, 0) is 68.9 Å². The molecule has 218 valence electrons. The first-order valence-electron chi connectivity index (χ1n) is 15.0. The number of hydrogen-bond donors (Lipinski definition) is 1. The Kier molecular flexibility index (Phi) is 11.2. The smallest absolute Gasteiger partial charge is 0.243 e. The van der Waals surface area contributed by atoms with E-state index in [1.165, 1.54) is 0 Å². The van der Waals surface area contributed by atoms with Gasteiger partial charge >= 0.3 is 0 Å². The van der Waals surface area contributed by atoms with Crippen molar-refractivity contribution in [3.63, 3.8) is 0 Å². The number of rotatable bonds is 14. The molecule has 0 saturated heterocycles. The summed E-state index contributed by atoms with van der Waals surface area (Å²) in [4.78, 5) is 29.7. The predicted octanol–water partition coefficient (Wildman–Crippen LogP) is 6.42. The molecular formula is C35H44N2O4. The van der Waals surface area contributed by atoms with Crippen LogP contribution in [0.1, 0.15) is 68.2 Å².